The topological polar surface area (TPSA) is 99.6 Å². The Morgan fingerprint density at radius 1 is 0.979 bits per heavy atom. The van der Waals surface area contributed by atoms with Crippen LogP contribution in [-0.4, -0.2) is 83.7 Å². The van der Waals surface area contributed by atoms with Gasteiger partial charge in [-0.1, -0.05) is 19.1 Å². The van der Waals surface area contributed by atoms with Crippen molar-refractivity contribution in [3.05, 3.63) is 73.8 Å². The summed E-state index contributed by atoms with van der Waals surface area (Å²) in [4.78, 5) is 49.4. The standard InChI is InChI=1S/C37H47N3O6S/c1-6-20-38(26-14-18-29(19-15-26)46-8-3)34(42)31-30-24-25(4)37(47-30)32(31)35(43)40(22-10-9-11-23-41)33(37)36(44)39(21-7-2)27-12-16-28(45-5)17-13-27/h6-7,12-19,25,30-33,41H,1-2,8-11,20-24H2,3-5H3/t25?,30-,31+,32-,33?,37?/m0/s1. The predicted molar refractivity (Wildman–Crippen MR) is 187 cm³/mol. The van der Waals surface area contributed by atoms with Crippen LogP contribution < -0.4 is 19.3 Å². The summed E-state index contributed by atoms with van der Waals surface area (Å²) in [6.45, 7) is 13.4. The Labute approximate surface area is 282 Å². The summed E-state index contributed by atoms with van der Waals surface area (Å²) in [5.74, 6) is -0.218. The van der Waals surface area contributed by atoms with Crippen molar-refractivity contribution in [2.45, 2.75) is 55.6 Å². The molecule has 3 saturated heterocycles. The van der Waals surface area contributed by atoms with Crippen LogP contribution in [0.5, 0.6) is 11.5 Å². The van der Waals surface area contributed by atoms with E-state index in [-0.39, 0.29) is 42.0 Å². The minimum atomic E-state index is -0.763. The lowest BCUT2D eigenvalue weighted by Gasteiger charge is -2.41. The highest BCUT2D eigenvalue weighted by Gasteiger charge is 2.76. The Kier molecular flexibility index (Phi) is 11.0. The van der Waals surface area contributed by atoms with Gasteiger partial charge in [0.15, 0.2) is 0 Å². The van der Waals surface area contributed by atoms with E-state index < -0.39 is 22.6 Å². The number of benzene rings is 2. The van der Waals surface area contributed by atoms with Gasteiger partial charge < -0.3 is 29.3 Å². The first-order valence-corrected chi connectivity index (χ1v) is 17.5. The van der Waals surface area contributed by atoms with Crippen molar-refractivity contribution in [1.82, 2.24) is 4.90 Å². The second kappa shape index (κ2) is 15.0. The molecule has 3 unspecified atom stereocenters. The molecule has 1 N–H and O–H groups in total. The minimum absolute atomic E-state index is 0.0340. The average molecular weight is 662 g/mol. The van der Waals surface area contributed by atoms with E-state index >= 15 is 0 Å². The van der Waals surface area contributed by atoms with E-state index in [0.29, 0.717) is 49.7 Å². The molecular formula is C37H47N3O6S. The number of hydrogen-bond acceptors (Lipinski definition) is 7. The van der Waals surface area contributed by atoms with Crippen LogP contribution in [0, 0.1) is 17.8 Å². The fourth-order valence-electron chi connectivity index (χ4n) is 7.77. The first-order chi connectivity index (χ1) is 22.8. The Hall–Kier alpha value is -3.76. The van der Waals surface area contributed by atoms with Crippen LogP contribution in [0.1, 0.15) is 39.5 Å². The van der Waals surface area contributed by atoms with Gasteiger partial charge in [0.1, 0.15) is 17.5 Å². The van der Waals surface area contributed by atoms with Crippen molar-refractivity contribution < 1.29 is 29.0 Å². The molecule has 3 aliphatic rings. The first-order valence-electron chi connectivity index (χ1n) is 16.6. The molecule has 3 heterocycles. The predicted octanol–water partition coefficient (Wildman–Crippen LogP) is 5.33. The molecule has 2 aromatic rings. The van der Waals surface area contributed by atoms with Gasteiger partial charge in [-0.2, -0.15) is 0 Å². The normalized spacial score (nSPS) is 25.7. The lowest BCUT2D eigenvalue weighted by molar-refractivity contribution is -0.139. The number of hydrogen-bond donors (Lipinski definition) is 1. The molecule has 3 amide bonds. The van der Waals surface area contributed by atoms with Crippen molar-refractivity contribution in [3.63, 3.8) is 0 Å². The lowest BCUT2D eigenvalue weighted by Crippen LogP contribution is -2.57. The van der Waals surface area contributed by atoms with Gasteiger partial charge in [0, 0.05) is 42.9 Å². The van der Waals surface area contributed by atoms with E-state index in [1.54, 1.807) is 45.7 Å². The molecule has 0 radical (unpaired) electrons. The van der Waals surface area contributed by atoms with Crippen LogP contribution in [0.15, 0.2) is 73.8 Å². The van der Waals surface area contributed by atoms with Crippen LogP contribution in [0.2, 0.25) is 0 Å². The monoisotopic (exact) mass is 661 g/mol. The van der Waals surface area contributed by atoms with Crippen LogP contribution in [0.25, 0.3) is 0 Å². The number of aliphatic hydroxyl groups excluding tert-OH is 1. The maximum Gasteiger partial charge on any atom is 0.251 e. The van der Waals surface area contributed by atoms with Crippen molar-refractivity contribution in [3.8, 4) is 11.5 Å². The van der Waals surface area contributed by atoms with E-state index in [9.17, 15) is 19.5 Å². The molecule has 0 aromatic heterocycles. The number of amides is 3. The van der Waals surface area contributed by atoms with Gasteiger partial charge in [-0.15, -0.1) is 24.9 Å². The van der Waals surface area contributed by atoms with E-state index in [2.05, 4.69) is 20.1 Å². The van der Waals surface area contributed by atoms with Gasteiger partial charge in [-0.25, -0.2) is 0 Å². The molecule has 2 aromatic carbocycles. The van der Waals surface area contributed by atoms with Crippen LogP contribution in [-0.2, 0) is 14.4 Å². The molecule has 10 heteroatoms. The minimum Gasteiger partial charge on any atom is -0.497 e. The highest BCUT2D eigenvalue weighted by Crippen LogP contribution is 2.69. The number of ether oxygens (including phenoxy) is 2. The zero-order valence-electron chi connectivity index (χ0n) is 27.7. The van der Waals surface area contributed by atoms with E-state index in [0.717, 1.165) is 18.6 Å². The summed E-state index contributed by atoms with van der Waals surface area (Å²) < 4.78 is 10.2. The second-order valence-corrected chi connectivity index (χ2v) is 14.0. The van der Waals surface area contributed by atoms with Gasteiger partial charge in [0.05, 0.1) is 30.3 Å². The van der Waals surface area contributed by atoms with E-state index in [1.807, 2.05) is 55.5 Å². The molecule has 5 rings (SSSR count). The highest BCUT2D eigenvalue weighted by atomic mass is 32.2. The first kappa shape index (κ1) is 34.6. The summed E-state index contributed by atoms with van der Waals surface area (Å²) in [7, 11) is 1.60. The number of carbonyl (C=O) groups is 3. The molecule has 47 heavy (non-hydrogen) atoms. The Bertz CT molecular complexity index is 1450. The Morgan fingerprint density at radius 2 is 1.57 bits per heavy atom. The highest BCUT2D eigenvalue weighted by molar-refractivity contribution is 8.02. The number of methoxy groups -OCH3 is 1. The fraction of sp³-hybridized carbons (Fsp3) is 0.486. The quantitative estimate of drug-likeness (QED) is 0.192. The summed E-state index contributed by atoms with van der Waals surface area (Å²) in [5, 5.41) is 9.31. The lowest BCUT2D eigenvalue weighted by atomic mass is 9.65. The number of carbonyl (C=O) groups excluding carboxylic acids is 3. The molecular weight excluding hydrogens is 614 g/mol. The SMILES string of the molecule is C=CCN(C(=O)C1N(CCCCCO)C(=O)[C@@H]2[C@H](C(=O)N(CC=C)c3ccc(OCC)cc3)[C@@H]3CC(C)C12S3)c1ccc(OC)cc1. The maximum atomic E-state index is 14.9. The molecule has 0 saturated carbocycles. The summed E-state index contributed by atoms with van der Waals surface area (Å²) in [5.41, 5.74) is 1.40. The molecule has 0 aliphatic carbocycles. The van der Waals surface area contributed by atoms with Gasteiger partial charge in [-0.05, 0) is 87.1 Å². The zero-order valence-corrected chi connectivity index (χ0v) is 28.5. The molecule has 3 fully saturated rings. The molecule has 1 spiro atoms. The Morgan fingerprint density at radius 3 is 2.13 bits per heavy atom. The summed E-state index contributed by atoms with van der Waals surface area (Å²) in [6.07, 6.45) is 6.13. The average Bonchev–Trinajstić information content (AvgIpc) is 3.68. The number of anilines is 2. The number of likely N-dealkylation sites (tertiary alicyclic amines) is 1. The van der Waals surface area contributed by atoms with Crippen LogP contribution in [0.3, 0.4) is 0 Å². The third-order valence-electron chi connectivity index (χ3n) is 9.82. The number of aliphatic hydroxyl groups is 1. The number of rotatable bonds is 16. The summed E-state index contributed by atoms with van der Waals surface area (Å²) in [6, 6.07) is 14.0. The van der Waals surface area contributed by atoms with Crippen LogP contribution >= 0.6 is 11.8 Å². The molecule has 6 atom stereocenters. The van der Waals surface area contributed by atoms with Gasteiger partial charge in [0.25, 0.3) is 5.91 Å². The molecule has 3 aliphatic heterocycles. The fourth-order valence-corrected chi connectivity index (χ4v) is 10.2. The molecule has 2 bridgehead atoms. The van der Waals surface area contributed by atoms with Crippen molar-refractivity contribution in [2.75, 3.05) is 49.8 Å². The molecule has 9 nitrogen and oxygen atoms in total. The van der Waals surface area contributed by atoms with E-state index in [4.69, 9.17) is 9.47 Å². The maximum absolute atomic E-state index is 14.9. The summed E-state index contributed by atoms with van der Waals surface area (Å²) >= 11 is 1.67. The number of nitrogens with zero attached hydrogens (tertiary/aromatic N) is 3. The Balaban J connectivity index is 1.54. The number of fused-ring (bicyclic) bond motifs is 1. The van der Waals surface area contributed by atoms with Gasteiger partial charge in [-0.3, -0.25) is 14.4 Å². The van der Waals surface area contributed by atoms with Crippen molar-refractivity contribution >= 4 is 40.9 Å². The third kappa shape index (κ3) is 6.29. The van der Waals surface area contributed by atoms with Crippen LogP contribution in [0.4, 0.5) is 11.4 Å². The third-order valence-corrected chi connectivity index (χ3v) is 11.9. The number of thioether (sulfide) groups is 1. The largest absolute Gasteiger partial charge is 0.497 e. The smallest absolute Gasteiger partial charge is 0.251 e. The van der Waals surface area contributed by atoms with Crippen molar-refractivity contribution in [1.29, 1.82) is 0 Å². The van der Waals surface area contributed by atoms with Crippen molar-refractivity contribution in [2.24, 2.45) is 17.8 Å². The molecule has 252 valence electrons. The van der Waals surface area contributed by atoms with E-state index in [1.165, 1.54) is 0 Å². The van der Waals surface area contributed by atoms with Gasteiger partial charge in [0.2, 0.25) is 11.8 Å². The zero-order chi connectivity index (χ0) is 33.7. The second-order valence-electron chi connectivity index (χ2n) is 12.5. The number of unbranched alkanes of at least 4 members (excludes halogenated alkanes) is 2. The van der Waals surface area contributed by atoms with Gasteiger partial charge >= 0.3 is 0 Å².